The second-order valence-electron chi connectivity index (χ2n) is 2.01. The largest absolute Gasteiger partial charge is 0.230 e. The first-order valence-corrected chi connectivity index (χ1v) is 27.0. The van der Waals surface area contributed by atoms with Crippen LogP contribution in [-0.4, -0.2) is 0 Å². The predicted octanol–water partition coefficient (Wildman–Crippen LogP) is 8.22. The van der Waals surface area contributed by atoms with Gasteiger partial charge in [0.15, 0.2) is 0 Å². The van der Waals surface area contributed by atoms with Gasteiger partial charge in [0.2, 0.25) is 0 Å². The van der Waals surface area contributed by atoms with Crippen molar-refractivity contribution in [2.45, 2.75) is 0 Å². The van der Waals surface area contributed by atoms with Crippen LogP contribution in [0, 0.1) is 0 Å². The first-order valence-electron chi connectivity index (χ1n) is 3.26. The first-order chi connectivity index (χ1) is 6.90. The minimum absolute atomic E-state index is 0.0464. The molecule has 0 saturated heterocycles. The van der Waals surface area contributed by atoms with Crippen molar-refractivity contribution in [3.8, 4) is 0 Å². The van der Waals surface area contributed by atoms with Crippen LogP contribution in [0.3, 0.4) is 0 Å². The number of rotatable bonds is 6. The fourth-order valence-corrected chi connectivity index (χ4v) is 64.5. The molecule has 9 atom stereocenters. The Morgan fingerprint density at radius 1 is 0.867 bits per heavy atom. The lowest BCUT2D eigenvalue weighted by molar-refractivity contribution is 2.09. The topological polar surface area (TPSA) is 12.4 Å². The average Bonchev–Trinajstić information content (AvgIpc) is 2.10. The molecular weight excluding hydrogens is 448 g/mol. The van der Waals surface area contributed by atoms with Gasteiger partial charge in [-0.1, -0.05) is 7.96 Å². The lowest BCUT2D eigenvalue weighted by Gasteiger charge is -2.20. The van der Waals surface area contributed by atoms with Crippen LogP contribution in [0.4, 0.5) is 0 Å². The number of hydrogen-bond acceptors (Lipinski definition) is 1. The minimum Gasteiger partial charge on any atom is -0.230 e. The summed E-state index contributed by atoms with van der Waals surface area (Å²) >= 11 is 0. The van der Waals surface area contributed by atoms with E-state index in [0.717, 1.165) is 7.96 Å². The Bertz CT molecular complexity index is 172. The number of hydrogen-bond donors (Lipinski definition) is 0. The van der Waals surface area contributed by atoms with Gasteiger partial charge in [0.25, 0.3) is 0 Å². The van der Waals surface area contributed by atoms with Crippen molar-refractivity contribution in [3.05, 3.63) is 0 Å². The van der Waals surface area contributed by atoms with E-state index in [2.05, 4.69) is 62.5 Å². The second-order valence-corrected chi connectivity index (χ2v) is 47.7. The monoisotopic (exact) mass is 463 g/mol. The van der Waals surface area contributed by atoms with Crippen LogP contribution in [-0.2, 0) is 0 Å². The third kappa shape index (κ3) is 10.1. The van der Waals surface area contributed by atoms with Crippen molar-refractivity contribution >= 4 is 114 Å². The molecule has 0 amide bonds. The summed E-state index contributed by atoms with van der Waals surface area (Å²) < 4.78 is 4.94. The van der Waals surface area contributed by atoms with Gasteiger partial charge in [-0.15, -0.1) is 62.5 Å². The molecule has 0 saturated carbocycles. The van der Waals surface area contributed by atoms with E-state index < -0.39 is 0 Å². The summed E-state index contributed by atoms with van der Waals surface area (Å²) in [5.41, 5.74) is 0. The molecular formula is H15NP14. The zero-order valence-electron chi connectivity index (χ0n) is 7.67. The van der Waals surface area contributed by atoms with E-state index in [4.69, 9.17) is 4.52 Å². The quantitative estimate of drug-likeness (QED) is 0.353. The third-order valence-electron chi connectivity index (χ3n) is 0.952. The summed E-state index contributed by atoms with van der Waals surface area (Å²) in [5, 5.41) is 0. The summed E-state index contributed by atoms with van der Waals surface area (Å²) in [6.45, 7) is 0.0426. The Hall–Kier alpha value is 5.69. The molecule has 15 heavy (non-hydrogen) atoms. The predicted molar refractivity (Wildman–Crippen MR) is 120 cm³/mol. The molecule has 0 fully saturated rings. The third-order valence-corrected chi connectivity index (χ3v) is 54.9. The van der Waals surface area contributed by atoms with Gasteiger partial charge in [-0.25, -0.2) is 4.52 Å². The lowest BCUT2D eigenvalue weighted by Crippen LogP contribution is -1.41. The van der Waals surface area contributed by atoms with E-state index in [-0.39, 0.29) is 35.4 Å². The van der Waals surface area contributed by atoms with E-state index in [1.54, 1.807) is 0 Å². The molecule has 15 heteroatoms. The fourth-order valence-electron chi connectivity index (χ4n) is 0.424. The SMILES string of the molecule is PPP(/P=N/P(P(P)P)P(P)P)P(P)P. The summed E-state index contributed by atoms with van der Waals surface area (Å²) in [6.07, 6.45) is 0. The van der Waals surface area contributed by atoms with Crippen LogP contribution in [0.5, 0.6) is 0 Å². The molecule has 0 radical (unpaired) electrons. The van der Waals surface area contributed by atoms with Gasteiger partial charge in [0.1, 0.15) is 0 Å². The molecule has 0 aliphatic heterocycles. The van der Waals surface area contributed by atoms with Gasteiger partial charge in [-0.2, -0.15) is 0 Å². The van der Waals surface area contributed by atoms with Gasteiger partial charge in [0.05, 0.1) is 7.45 Å². The van der Waals surface area contributed by atoms with Crippen LogP contribution in [0.15, 0.2) is 4.52 Å². The zero-order valence-corrected chi connectivity index (χ0v) is 22.1. The molecule has 0 N–H and O–H groups in total. The maximum absolute atomic E-state index is 4.94. The van der Waals surface area contributed by atoms with Crippen LogP contribution in [0.2, 0.25) is 0 Å². The Morgan fingerprint density at radius 3 is 1.60 bits per heavy atom. The molecule has 9 unspecified atom stereocenters. The van der Waals surface area contributed by atoms with Crippen molar-refractivity contribution < 1.29 is 0 Å². The van der Waals surface area contributed by atoms with Crippen molar-refractivity contribution in [3.63, 3.8) is 0 Å². The summed E-state index contributed by atoms with van der Waals surface area (Å²) in [6, 6.07) is 0. The van der Waals surface area contributed by atoms with Gasteiger partial charge in [-0.05, 0) is 21.0 Å². The zero-order chi connectivity index (χ0) is 12.0. The molecule has 0 aromatic rings. The van der Waals surface area contributed by atoms with Crippen LogP contribution >= 0.6 is 114 Å². The molecule has 90 valence electrons. The van der Waals surface area contributed by atoms with Crippen LogP contribution < -0.4 is 0 Å². The maximum atomic E-state index is 4.94. The van der Waals surface area contributed by atoms with Gasteiger partial charge < -0.3 is 0 Å². The summed E-state index contributed by atoms with van der Waals surface area (Å²) in [7, 11) is 22.7. The van der Waals surface area contributed by atoms with Crippen molar-refractivity contribution in [2.75, 3.05) is 0 Å². The highest BCUT2D eigenvalue weighted by Gasteiger charge is 2.18. The Morgan fingerprint density at radius 2 is 1.33 bits per heavy atom. The molecule has 0 aliphatic carbocycles. The Kier molecular flexibility index (Phi) is 16.9. The summed E-state index contributed by atoms with van der Waals surface area (Å²) in [5.74, 6) is 0. The van der Waals surface area contributed by atoms with Crippen molar-refractivity contribution in [1.29, 1.82) is 0 Å². The first kappa shape index (κ1) is 20.7. The van der Waals surface area contributed by atoms with Crippen LogP contribution in [0.1, 0.15) is 0 Å². The molecule has 0 rings (SSSR count). The normalized spacial score (nSPS) is 15.9. The van der Waals surface area contributed by atoms with Gasteiger partial charge in [0, 0.05) is 15.0 Å². The van der Waals surface area contributed by atoms with Gasteiger partial charge >= 0.3 is 0 Å². The molecule has 0 aliphatic rings. The van der Waals surface area contributed by atoms with E-state index in [0.29, 0.717) is 0 Å². The highest BCUT2D eigenvalue weighted by molar-refractivity contribution is 9.00. The van der Waals surface area contributed by atoms with Gasteiger partial charge in [-0.3, -0.25) is 0 Å². The van der Waals surface area contributed by atoms with E-state index in [9.17, 15) is 0 Å². The number of nitrogens with zero attached hydrogens (tertiary/aromatic N) is 1. The highest BCUT2D eigenvalue weighted by Crippen LogP contribution is 3.01. The summed E-state index contributed by atoms with van der Waals surface area (Å²) in [4.78, 5) is 0. The highest BCUT2D eigenvalue weighted by atomic mass is 33.0. The van der Waals surface area contributed by atoms with Crippen molar-refractivity contribution in [1.82, 2.24) is 0 Å². The molecule has 0 bridgehead atoms. The maximum Gasteiger partial charge on any atom is 0.0845 e. The van der Waals surface area contributed by atoms with Crippen LogP contribution in [0.25, 0.3) is 0 Å². The second kappa shape index (κ2) is 12.3. The Balaban J connectivity index is 4.44. The van der Waals surface area contributed by atoms with Crippen molar-refractivity contribution in [2.24, 2.45) is 4.52 Å². The molecule has 0 aromatic carbocycles. The smallest absolute Gasteiger partial charge is 0.0845 e. The minimum atomic E-state index is -0.144. The molecule has 0 spiro atoms. The van der Waals surface area contributed by atoms with E-state index in [1.807, 2.05) is 0 Å². The molecule has 0 heterocycles. The lowest BCUT2D eigenvalue weighted by atomic mass is 13.9. The fraction of sp³-hybridized carbons (Fsp3) is 0. The van der Waals surface area contributed by atoms with E-state index in [1.165, 1.54) is 8.06 Å². The Labute approximate surface area is 118 Å². The standard InChI is InChI=1S/H15NP14/c2-10-15(14(7)8)9-1-11(12(3)4)13(5)6/h10H,2-8H2. The molecule has 1 nitrogen and oxygen atoms in total. The van der Waals surface area contributed by atoms with E-state index >= 15 is 0 Å². The molecule has 0 aromatic heterocycles. The average molecular weight is 463 g/mol.